The fourth-order valence-corrected chi connectivity index (χ4v) is 1.88. The van der Waals surface area contributed by atoms with Gasteiger partial charge in [0.1, 0.15) is 5.82 Å². The molecule has 18 heavy (non-hydrogen) atoms. The predicted octanol–water partition coefficient (Wildman–Crippen LogP) is 2.24. The molecule has 1 heterocycles. The van der Waals surface area contributed by atoms with Crippen molar-refractivity contribution in [1.29, 1.82) is 0 Å². The first-order chi connectivity index (χ1) is 8.29. The van der Waals surface area contributed by atoms with Crippen LogP contribution in [0.4, 0.5) is 0 Å². The molecule has 0 saturated carbocycles. The first kappa shape index (κ1) is 13.1. The zero-order chi connectivity index (χ0) is 13.5. The summed E-state index contributed by atoms with van der Waals surface area (Å²) in [5, 5.41) is 9.50. The zero-order valence-corrected chi connectivity index (χ0v) is 11.4. The number of H-pyrrole nitrogens is 1. The van der Waals surface area contributed by atoms with E-state index in [0.29, 0.717) is 5.82 Å². The molecule has 1 aromatic carbocycles. The number of hydrogen-bond donors (Lipinski definition) is 3. The summed E-state index contributed by atoms with van der Waals surface area (Å²) in [7, 11) is 0. The van der Waals surface area contributed by atoms with Gasteiger partial charge in [0, 0.05) is 0 Å². The molecule has 4 heteroatoms. The number of nitrogens with zero attached hydrogens (tertiary/aromatic N) is 1. The van der Waals surface area contributed by atoms with E-state index in [1.165, 1.54) is 5.56 Å². The molecule has 0 amide bonds. The molecule has 4 N–H and O–H groups in total. The molecule has 0 aliphatic rings. The Kier molecular flexibility index (Phi) is 3.17. The Morgan fingerprint density at radius 3 is 2.56 bits per heavy atom. The average Bonchev–Trinajstić information content (AvgIpc) is 2.68. The number of benzene rings is 1. The number of rotatable bonds is 2. The quantitative estimate of drug-likeness (QED) is 0.762. The van der Waals surface area contributed by atoms with Gasteiger partial charge < -0.3 is 15.8 Å². The molecule has 2 aromatic rings. The van der Waals surface area contributed by atoms with Crippen molar-refractivity contribution in [2.24, 2.45) is 5.73 Å². The number of aliphatic hydroxyl groups excluding tert-OH is 1. The van der Waals surface area contributed by atoms with Gasteiger partial charge in [-0.1, -0.05) is 26.8 Å². The number of fused-ring (bicyclic) bond motifs is 1. The van der Waals surface area contributed by atoms with Crippen LogP contribution in [0.25, 0.3) is 11.0 Å². The summed E-state index contributed by atoms with van der Waals surface area (Å²) in [6, 6.07) is 5.70. The van der Waals surface area contributed by atoms with Gasteiger partial charge >= 0.3 is 0 Å². The maximum atomic E-state index is 9.50. The molecule has 0 radical (unpaired) electrons. The Balaban J connectivity index is 2.46. The third-order valence-electron chi connectivity index (χ3n) is 3.20. The lowest BCUT2D eigenvalue weighted by Crippen LogP contribution is -2.24. The minimum Gasteiger partial charge on any atom is -0.391 e. The molecule has 4 nitrogen and oxygen atoms in total. The Morgan fingerprint density at radius 1 is 1.33 bits per heavy atom. The summed E-state index contributed by atoms with van der Waals surface area (Å²) in [5.74, 6) is 0.631. The second kappa shape index (κ2) is 4.37. The molecule has 0 spiro atoms. The van der Waals surface area contributed by atoms with E-state index in [1.807, 2.05) is 6.07 Å². The number of nitrogens with one attached hydrogen (secondary N) is 1. The second-order valence-electron chi connectivity index (χ2n) is 5.87. The molecule has 98 valence electrons. The first-order valence-electron chi connectivity index (χ1n) is 6.23. The van der Waals surface area contributed by atoms with E-state index in [4.69, 9.17) is 5.73 Å². The highest BCUT2D eigenvalue weighted by Gasteiger charge is 2.18. The number of nitrogens with two attached hydrogens (primary N) is 1. The van der Waals surface area contributed by atoms with Crippen LogP contribution in [0.1, 0.15) is 45.1 Å². The lowest BCUT2D eigenvalue weighted by atomic mass is 9.87. The molecule has 0 aliphatic carbocycles. The fourth-order valence-electron chi connectivity index (χ4n) is 1.88. The molecule has 2 atom stereocenters. The normalized spacial score (nSPS) is 15.9. The van der Waals surface area contributed by atoms with E-state index in [2.05, 4.69) is 42.9 Å². The molecule has 1 aromatic heterocycles. The summed E-state index contributed by atoms with van der Waals surface area (Å²) in [5.41, 5.74) is 9.08. The maximum Gasteiger partial charge on any atom is 0.126 e. The van der Waals surface area contributed by atoms with Gasteiger partial charge in [0.2, 0.25) is 0 Å². The maximum absolute atomic E-state index is 9.50. The Hall–Kier alpha value is -1.39. The van der Waals surface area contributed by atoms with Crippen LogP contribution in [-0.4, -0.2) is 21.2 Å². The van der Waals surface area contributed by atoms with E-state index in [1.54, 1.807) is 6.92 Å². The molecule has 0 aliphatic heterocycles. The molecular formula is C14H21N3O. The standard InChI is InChI=1S/C14H21N3O/c1-8(18)12(15)13-16-10-6-5-9(14(2,3)4)7-11(10)17-13/h5-8,12,18H,15H2,1-4H3,(H,16,17)/t8-,12+/m0/s1. The number of aromatic nitrogens is 2. The van der Waals surface area contributed by atoms with Crippen LogP contribution in [0, 0.1) is 0 Å². The van der Waals surface area contributed by atoms with Crippen molar-refractivity contribution < 1.29 is 5.11 Å². The van der Waals surface area contributed by atoms with Gasteiger partial charge in [-0.05, 0) is 30.0 Å². The van der Waals surface area contributed by atoms with Crippen LogP contribution in [-0.2, 0) is 5.41 Å². The van der Waals surface area contributed by atoms with Crippen molar-refractivity contribution >= 4 is 11.0 Å². The fraction of sp³-hybridized carbons (Fsp3) is 0.500. The highest BCUT2D eigenvalue weighted by atomic mass is 16.3. The summed E-state index contributed by atoms with van der Waals surface area (Å²) in [6.45, 7) is 8.19. The summed E-state index contributed by atoms with van der Waals surface area (Å²) < 4.78 is 0. The van der Waals surface area contributed by atoms with Crippen molar-refractivity contribution in [3.63, 3.8) is 0 Å². The molecular weight excluding hydrogens is 226 g/mol. The van der Waals surface area contributed by atoms with Crippen LogP contribution in [0.5, 0.6) is 0 Å². The molecule has 0 bridgehead atoms. The van der Waals surface area contributed by atoms with E-state index in [-0.39, 0.29) is 5.41 Å². The second-order valence-corrected chi connectivity index (χ2v) is 5.87. The lowest BCUT2D eigenvalue weighted by Gasteiger charge is -2.18. The SMILES string of the molecule is C[C@H](O)[C@@H](N)c1nc2ccc(C(C)(C)C)cc2[nH]1. The van der Waals surface area contributed by atoms with Crippen molar-refractivity contribution in [2.75, 3.05) is 0 Å². The Morgan fingerprint density at radius 2 is 2.00 bits per heavy atom. The van der Waals surface area contributed by atoms with Crippen molar-refractivity contribution in [3.8, 4) is 0 Å². The number of aliphatic hydroxyl groups is 1. The van der Waals surface area contributed by atoms with E-state index >= 15 is 0 Å². The van der Waals surface area contributed by atoms with Gasteiger partial charge in [-0.15, -0.1) is 0 Å². The monoisotopic (exact) mass is 247 g/mol. The van der Waals surface area contributed by atoms with Gasteiger partial charge in [-0.3, -0.25) is 0 Å². The molecule has 0 saturated heterocycles. The van der Waals surface area contributed by atoms with E-state index in [0.717, 1.165) is 11.0 Å². The minimum absolute atomic E-state index is 0.103. The molecule has 0 unspecified atom stereocenters. The van der Waals surface area contributed by atoms with Gasteiger partial charge in [-0.25, -0.2) is 4.98 Å². The first-order valence-corrected chi connectivity index (χ1v) is 6.23. The van der Waals surface area contributed by atoms with Crippen LogP contribution < -0.4 is 5.73 Å². The Bertz CT molecular complexity index is 552. The van der Waals surface area contributed by atoms with Gasteiger partial charge in [0.15, 0.2) is 0 Å². The van der Waals surface area contributed by atoms with Gasteiger partial charge in [0.05, 0.1) is 23.2 Å². The average molecular weight is 247 g/mol. The third-order valence-corrected chi connectivity index (χ3v) is 3.20. The largest absolute Gasteiger partial charge is 0.391 e. The number of hydrogen-bond acceptors (Lipinski definition) is 3. The minimum atomic E-state index is -0.618. The van der Waals surface area contributed by atoms with Crippen LogP contribution in [0.2, 0.25) is 0 Å². The van der Waals surface area contributed by atoms with Crippen LogP contribution in [0.3, 0.4) is 0 Å². The highest BCUT2D eigenvalue weighted by molar-refractivity contribution is 5.76. The zero-order valence-electron chi connectivity index (χ0n) is 11.4. The van der Waals surface area contributed by atoms with E-state index in [9.17, 15) is 5.11 Å². The smallest absolute Gasteiger partial charge is 0.126 e. The van der Waals surface area contributed by atoms with E-state index < -0.39 is 12.1 Å². The lowest BCUT2D eigenvalue weighted by molar-refractivity contribution is 0.161. The summed E-state index contributed by atoms with van der Waals surface area (Å²) >= 11 is 0. The number of aromatic amines is 1. The highest BCUT2D eigenvalue weighted by Crippen LogP contribution is 2.26. The summed E-state index contributed by atoms with van der Waals surface area (Å²) in [6.07, 6.45) is -0.618. The van der Waals surface area contributed by atoms with Gasteiger partial charge in [-0.2, -0.15) is 0 Å². The number of imidazole rings is 1. The topological polar surface area (TPSA) is 74.9 Å². The van der Waals surface area contributed by atoms with Crippen molar-refractivity contribution in [1.82, 2.24) is 9.97 Å². The van der Waals surface area contributed by atoms with Crippen LogP contribution >= 0.6 is 0 Å². The van der Waals surface area contributed by atoms with Crippen molar-refractivity contribution in [2.45, 2.75) is 45.3 Å². The third kappa shape index (κ3) is 2.40. The molecule has 2 rings (SSSR count). The molecule has 0 fully saturated rings. The van der Waals surface area contributed by atoms with Crippen LogP contribution in [0.15, 0.2) is 18.2 Å². The predicted molar refractivity (Wildman–Crippen MR) is 73.4 cm³/mol. The van der Waals surface area contributed by atoms with Crippen molar-refractivity contribution in [3.05, 3.63) is 29.6 Å². The summed E-state index contributed by atoms with van der Waals surface area (Å²) in [4.78, 5) is 7.61. The Labute approximate surface area is 107 Å². The van der Waals surface area contributed by atoms with Gasteiger partial charge in [0.25, 0.3) is 0 Å².